The van der Waals surface area contributed by atoms with Crippen LogP contribution in [0.3, 0.4) is 0 Å². The van der Waals surface area contributed by atoms with Gasteiger partial charge in [-0.3, -0.25) is 9.80 Å². The maximum absolute atomic E-state index is 13.3. The molecule has 3 N–H and O–H groups in total. The van der Waals surface area contributed by atoms with Gasteiger partial charge in [0.05, 0.1) is 24.5 Å². The molecule has 0 aliphatic carbocycles. The summed E-state index contributed by atoms with van der Waals surface area (Å²) in [5.41, 5.74) is 9.69. The number of nitrogens with zero attached hydrogens (tertiary/aromatic N) is 3. The number of carbonyl (C=O) groups is 1. The first-order chi connectivity index (χ1) is 13.0. The van der Waals surface area contributed by atoms with Crippen molar-refractivity contribution in [2.45, 2.75) is 6.54 Å². The summed E-state index contributed by atoms with van der Waals surface area (Å²) < 4.78 is 1.58. The lowest BCUT2D eigenvalue weighted by molar-refractivity contribution is 0.0989. The van der Waals surface area contributed by atoms with Crippen molar-refractivity contribution in [2.24, 2.45) is 5.73 Å². The lowest BCUT2D eigenvalue weighted by atomic mass is 10.1. The number of hydrazine groups is 1. The summed E-state index contributed by atoms with van der Waals surface area (Å²) in [4.78, 5) is 15.1. The first-order valence-corrected chi connectivity index (χ1v) is 9.26. The molecule has 6 nitrogen and oxygen atoms in total. The molecule has 2 heterocycles. The first kappa shape index (κ1) is 20.8. The van der Waals surface area contributed by atoms with Crippen LogP contribution in [0.25, 0.3) is 0 Å². The molecule has 2 aromatic rings. The lowest BCUT2D eigenvalue weighted by Crippen LogP contribution is -2.34. The summed E-state index contributed by atoms with van der Waals surface area (Å²) in [7, 11) is 1.88. The van der Waals surface area contributed by atoms with E-state index < -0.39 is 0 Å². The summed E-state index contributed by atoms with van der Waals surface area (Å²) >= 11 is 12.5. The molecular weight excluding hydrogens is 421 g/mol. The largest absolute Gasteiger partial charge is 0.339 e. The highest BCUT2D eigenvalue weighted by molar-refractivity contribution is 6.31. The van der Waals surface area contributed by atoms with Crippen LogP contribution in [0.15, 0.2) is 53.9 Å². The van der Waals surface area contributed by atoms with Crippen LogP contribution < -0.4 is 16.0 Å². The first-order valence-electron chi connectivity index (χ1n) is 8.55. The Morgan fingerprint density at radius 2 is 1.96 bits per heavy atom. The van der Waals surface area contributed by atoms with Crippen LogP contribution in [0.5, 0.6) is 0 Å². The van der Waals surface area contributed by atoms with Crippen LogP contribution in [0, 0.1) is 0 Å². The van der Waals surface area contributed by atoms with Gasteiger partial charge in [0.2, 0.25) is 0 Å². The maximum Gasteiger partial charge on any atom is 0.258 e. The summed E-state index contributed by atoms with van der Waals surface area (Å²) in [6, 6.07) is 13.0. The summed E-state index contributed by atoms with van der Waals surface area (Å²) in [6.45, 7) is 1.30. The number of halogens is 3. The van der Waals surface area contributed by atoms with Crippen LogP contribution in [-0.2, 0) is 6.54 Å². The highest BCUT2D eigenvalue weighted by atomic mass is 35.5. The molecule has 0 spiro atoms. The molecule has 1 amide bonds. The van der Waals surface area contributed by atoms with E-state index in [0.29, 0.717) is 30.2 Å². The van der Waals surface area contributed by atoms with Crippen molar-refractivity contribution in [3.8, 4) is 0 Å². The number of para-hydroxylation sites is 2. The second kappa shape index (κ2) is 8.19. The van der Waals surface area contributed by atoms with Crippen molar-refractivity contribution < 1.29 is 4.79 Å². The average molecular weight is 441 g/mol. The van der Waals surface area contributed by atoms with Crippen LogP contribution >= 0.6 is 35.8 Å². The highest BCUT2D eigenvalue weighted by Crippen LogP contribution is 2.36. The zero-order valence-electron chi connectivity index (χ0n) is 15.2. The van der Waals surface area contributed by atoms with Crippen molar-refractivity contribution in [3.05, 3.63) is 70.0 Å². The van der Waals surface area contributed by atoms with Gasteiger partial charge in [0, 0.05) is 41.5 Å². The van der Waals surface area contributed by atoms with Crippen molar-refractivity contribution >= 4 is 53.1 Å². The van der Waals surface area contributed by atoms with Gasteiger partial charge in [-0.05, 0) is 29.8 Å². The minimum absolute atomic E-state index is 0. The molecule has 0 bridgehead atoms. The van der Waals surface area contributed by atoms with Crippen molar-refractivity contribution in [2.75, 3.05) is 30.4 Å². The predicted molar refractivity (Wildman–Crippen MR) is 116 cm³/mol. The Labute approximate surface area is 180 Å². The minimum Gasteiger partial charge on any atom is -0.339 e. The van der Waals surface area contributed by atoms with E-state index in [0.717, 1.165) is 28.3 Å². The second-order valence-electron chi connectivity index (χ2n) is 6.51. The van der Waals surface area contributed by atoms with Crippen LogP contribution in [0.4, 0.5) is 11.4 Å². The molecule has 0 saturated heterocycles. The molecule has 0 fully saturated rings. The third-order valence-corrected chi connectivity index (χ3v) is 5.57. The molecule has 0 unspecified atom stereocenters. The number of benzene rings is 2. The van der Waals surface area contributed by atoms with Crippen LogP contribution in [-0.4, -0.2) is 35.6 Å². The molecular formula is C19H20Cl3N5O. The molecule has 0 atom stereocenters. The Morgan fingerprint density at radius 1 is 1.21 bits per heavy atom. The molecule has 0 aromatic heterocycles. The SMILES string of the molecule is CN1C2=C(CN(C(=O)c3ccc(CN)c(Cl)c3)c3ccccc3N2)CN1Cl.Cl. The number of carbonyl (C=O) groups excluding carboxylic acids is 1. The molecule has 2 aliphatic rings. The van der Waals surface area contributed by atoms with E-state index in [1.807, 2.05) is 36.3 Å². The number of fused-ring (bicyclic) bond motifs is 1. The van der Waals surface area contributed by atoms with E-state index in [2.05, 4.69) is 5.32 Å². The van der Waals surface area contributed by atoms with Gasteiger partial charge in [0.25, 0.3) is 5.91 Å². The second-order valence-corrected chi connectivity index (χ2v) is 7.31. The van der Waals surface area contributed by atoms with Crippen molar-refractivity contribution in [3.63, 3.8) is 0 Å². The number of anilines is 2. The van der Waals surface area contributed by atoms with Gasteiger partial charge in [0.15, 0.2) is 0 Å². The number of nitrogens with two attached hydrogens (primary N) is 1. The third-order valence-electron chi connectivity index (χ3n) is 4.87. The molecule has 148 valence electrons. The van der Waals surface area contributed by atoms with Gasteiger partial charge in [-0.15, -0.1) is 16.9 Å². The van der Waals surface area contributed by atoms with Crippen LogP contribution in [0.1, 0.15) is 15.9 Å². The number of hydrogen-bond acceptors (Lipinski definition) is 5. The minimum atomic E-state index is -0.126. The molecule has 9 heteroatoms. The topological polar surface area (TPSA) is 64.8 Å². The summed E-state index contributed by atoms with van der Waals surface area (Å²) in [5, 5.41) is 5.75. The Balaban J connectivity index is 0.00000225. The summed E-state index contributed by atoms with van der Waals surface area (Å²) in [5.74, 6) is 0.767. The van der Waals surface area contributed by atoms with Gasteiger partial charge in [-0.2, -0.15) is 0 Å². The number of rotatable bonds is 2. The van der Waals surface area contributed by atoms with Crippen molar-refractivity contribution in [1.82, 2.24) is 9.54 Å². The van der Waals surface area contributed by atoms with E-state index in [1.165, 1.54) is 0 Å². The quantitative estimate of drug-likeness (QED) is 0.695. The van der Waals surface area contributed by atoms with Gasteiger partial charge >= 0.3 is 0 Å². The Hall–Kier alpha value is -1.96. The number of hydrogen-bond donors (Lipinski definition) is 2. The monoisotopic (exact) mass is 439 g/mol. The van der Waals surface area contributed by atoms with E-state index in [1.54, 1.807) is 27.6 Å². The molecule has 2 aromatic carbocycles. The van der Waals surface area contributed by atoms with Gasteiger partial charge in [-0.1, -0.05) is 29.8 Å². The molecule has 28 heavy (non-hydrogen) atoms. The lowest BCUT2D eigenvalue weighted by Gasteiger charge is -2.26. The van der Waals surface area contributed by atoms with Gasteiger partial charge in [0.1, 0.15) is 5.82 Å². The number of nitrogens with one attached hydrogen (secondary N) is 1. The zero-order chi connectivity index (χ0) is 19.1. The van der Waals surface area contributed by atoms with E-state index in [9.17, 15) is 4.79 Å². The predicted octanol–water partition coefficient (Wildman–Crippen LogP) is 3.82. The normalized spacial score (nSPS) is 16.1. The fourth-order valence-electron chi connectivity index (χ4n) is 3.37. The van der Waals surface area contributed by atoms with Crippen molar-refractivity contribution in [1.29, 1.82) is 0 Å². The van der Waals surface area contributed by atoms with E-state index >= 15 is 0 Å². The zero-order valence-corrected chi connectivity index (χ0v) is 17.5. The Bertz CT molecular complexity index is 949. The molecule has 2 aliphatic heterocycles. The Morgan fingerprint density at radius 3 is 2.68 bits per heavy atom. The summed E-state index contributed by atoms with van der Waals surface area (Å²) in [6.07, 6.45) is 0. The van der Waals surface area contributed by atoms with Crippen LogP contribution in [0.2, 0.25) is 5.02 Å². The van der Waals surface area contributed by atoms with E-state index in [-0.39, 0.29) is 18.3 Å². The standard InChI is InChI=1S/C19H19Cl2N5O.ClH/c1-24-18-14(11-26(24)21)10-25(17-5-3-2-4-16(17)23-18)19(27)12-6-7-13(9-22)15(20)8-12;/h2-8,23H,9-11,22H2,1H3;1H. The van der Waals surface area contributed by atoms with Gasteiger partial charge in [-0.25, -0.2) is 0 Å². The molecule has 0 radical (unpaired) electrons. The maximum atomic E-state index is 13.3. The van der Waals surface area contributed by atoms with E-state index in [4.69, 9.17) is 29.1 Å². The molecule has 0 saturated carbocycles. The smallest absolute Gasteiger partial charge is 0.258 e. The fraction of sp³-hybridized carbons (Fsp3) is 0.211. The molecule has 4 rings (SSSR count). The number of amides is 1. The highest BCUT2D eigenvalue weighted by Gasteiger charge is 2.33. The Kier molecular flexibility index (Phi) is 6.07. The average Bonchev–Trinajstić information content (AvgIpc) is 2.84. The third kappa shape index (κ3) is 3.54. The fourth-order valence-corrected chi connectivity index (χ4v) is 3.85. The van der Waals surface area contributed by atoms with Gasteiger partial charge < -0.3 is 16.0 Å².